The van der Waals surface area contributed by atoms with Gasteiger partial charge in [-0.15, -0.1) is 0 Å². The molecular weight excluding hydrogens is 250 g/mol. The lowest BCUT2D eigenvalue weighted by Gasteiger charge is -2.40. The van der Waals surface area contributed by atoms with E-state index >= 15 is 0 Å². The molecule has 20 heavy (non-hydrogen) atoms. The van der Waals surface area contributed by atoms with Gasteiger partial charge < -0.3 is 10.0 Å². The van der Waals surface area contributed by atoms with E-state index in [1.165, 1.54) is 0 Å². The second-order valence-electron chi connectivity index (χ2n) is 6.67. The maximum absolute atomic E-state index is 12.9. The largest absolute Gasteiger partial charge is 0.390 e. The minimum atomic E-state index is -0.525. The van der Waals surface area contributed by atoms with Crippen molar-refractivity contribution in [2.24, 2.45) is 5.41 Å². The second-order valence-corrected chi connectivity index (χ2v) is 6.67. The van der Waals surface area contributed by atoms with Crippen molar-refractivity contribution < 1.29 is 9.90 Å². The molecule has 110 valence electrons. The lowest BCUT2D eigenvalue weighted by Crippen LogP contribution is -2.42. The van der Waals surface area contributed by atoms with Crippen LogP contribution in [0.25, 0.3) is 0 Å². The van der Waals surface area contributed by atoms with Crippen LogP contribution in [0.5, 0.6) is 0 Å². The van der Waals surface area contributed by atoms with Gasteiger partial charge in [0.15, 0.2) is 0 Å². The summed E-state index contributed by atoms with van der Waals surface area (Å²) in [5.41, 5.74) is 0.380. The Labute approximate surface area is 121 Å². The number of likely N-dealkylation sites (tertiary alicyclic amines) is 1. The van der Waals surface area contributed by atoms with Crippen molar-refractivity contribution in [3.05, 3.63) is 23.9 Å². The van der Waals surface area contributed by atoms with Crippen LogP contribution in [-0.4, -0.2) is 28.1 Å². The summed E-state index contributed by atoms with van der Waals surface area (Å²) in [4.78, 5) is 14.8. The minimum absolute atomic E-state index is 0.187. The quantitative estimate of drug-likeness (QED) is 0.841. The molecule has 0 radical (unpaired) electrons. The molecule has 0 aromatic heterocycles. The third-order valence-electron chi connectivity index (χ3n) is 5.60. The summed E-state index contributed by atoms with van der Waals surface area (Å²) in [7, 11) is 0. The van der Waals surface area contributed by atoms with Gasteiger partial charge in [-0.1, -0.05) is 19.1 Å². The predicted octanol–water partition coefficient (Wildman–Crippen LogP) is 3.15. The topological polar surface area (TPSA) is 40.5 Å². The molecule has 1 amide bonds. The highest BCUT2D eigenvalue weighted by atomic mass is 16.3. The molecule has 3 heteroatoms. The van der Waals surface area contributed by atoms with Crippen LogP contribution in [0.4, 0.5) is 0 Å². The molecule has 3 aliphatic rings. The van der Waals surface area contributed by atoms with Crippen LogP contribution in [0.3, 0.4) is 0 Å². The van der Waals surface area contributed by atoms with Crippen molar-refractivity contribution in [1.29, 1.82) is 0 Å². The van der Waals surface area contributed by atoms with Gasteiger partial charge >= 0.3 is 0 Å². The first-order chi connectivity index (χ1) is 9.59. The van der Waals surface area contributed by atoms with Gasteiger partial charge in [0.2, 0.25) is 5.91 Å². The number of nitrogens with zero attached hydrogens (tertiary/aromatic N) is 1. The maximum Gasteiger partial charge on any atom is 0.233 e. The van der Waals surface area contributed by atoms with Crippen molar-refractivity contribution in [1.82, 2.24) is 4.90 Å². The molecular formula is C17H25NO2. The van der Waals surface area contributed by atoms with Gasteiger partial charge in [-0.05, 0) is 57.4 Å². The fraction of sp³-hybridized carbons (Fsp3) is 0.706. The summed E-state index contributed by atoms with van der Waals surface area (Å²) in [6, 6.07) is 0. The number of carbonyl (C=O) groups is 1. The molecule has 1 heterocycles. The van der Waals surface area contributed by atoms with Crippen LogP contribution in [0.2, 0.25) is 0 Å². The Morgan fingerprint density at radius 2 is 1.95 bits per heavy atom. The summed E-state index contributed by atoms with van der Waals surface area (Å²) in [6.45, 7) is 2.89. The van der Waals surface area contributed by atoms with E-state index in [1.807, 2.05) is 11.8 Å². The summed E-state index contributed by atoms with van der Waals surface area (Å²) in [6.07, 6.45) is 13.6. The number of aliphatic hydroxyl groups is 1. The summed E-state index contributed by atoms with van der Waals surface area (Å²) >= 11 is 0. The Kier molecular flexibility index (Phi) is 3.49. The molecule has 0 aromatic rings. The summed E-state index contributed by atoms with van der Waals surface area (Å²) < 4.78 is 0. The van der Waals surface area contributed by atoms with Gasteiger partial charge in [0.1, 0.15) is 0 Å². The average molecular weight is 275 g/mol. The first kappa shape index (κ1) is 13.9. The fourth-order valence-electron chi connectivity index (χ4n) is 3.88. The van der Waals surface area contributed by atoms with E-state index in [-0.39, 0.29) is 5.41 Å². The predicted molar refractivity (Wildman–Crippen MR) is 78.9 cm³/mol. The number of carbonyl (C=O) groups excluding carboxylic acids is 1. The number of amides is 1. The molecule has 3 rings (SSSR count). The molecule has 0 unspecified atom stereocenters. The van der Waals surface area contributed by atoms with Gasteiger partial charge in [0.25, 0.3) is 0 Å². The Bertz CT molecular complexity index is 456. The van der Waals surface area contributed by atoms with E-state index in [4.69, 9.17) is 0 Å². The van der Waals surface area contributed by atoms with E-state index in [1.54, 1.807) is 0 Å². The maximum atomic E-state index is 12.9. The molecule has 2 fully saturated rings. The fourth-order valence-corrected chi connectivity index (χ4v) is 3.88. The number of allylic oxidation sites excluding steroid dienone is 3. The van der Waals surface area contributed by atoms with Crippen molar-refractivity contribution in [3.8, 4) is 0 Å². The van der Waals surface area contributed by atoms with Crippen molar-refractivity contribution in [2.45, 2.75) is 63.9 Å². The van der Waals surface area contributed by atoms with E-state index in [9.17, 15) is 9.90 Å². The Morgan fingerprint density at radius 1 is 1.20 bits per heavy atom. The SMILES string of the molecule is CCC1(O)CCC2(CCN(C3=CCCC=C3)C2=O)CC1. The minimum Gasteiger partial charge on any atom is -0.390 e. The standard InChI is InChI=1S/C17H25NO2/c1-2-17(20)10-8-16(9-11-17)12-13-18(15(16)19)14-6-4-3-5-7-14/h4,6-7,20H,2-3,5,8-13H2,1H3. The molecule has 2 aliphatic carbocycles. The molecule has 1 saturated carbocycles. The van der Waals surface area contributed by atoms with Gasteiger partial charge in [-0.2, -0.15) is 0 Å². The van der Waals surface area contributed by atoms with Gasteiger partial charge in [0.05, 0.1) is 11.0 Å². The molecule has 1 aliphatic heterocycles. The van der Waals surface area contributed by atoms with E-state index in [2.05, 4.69) is 18.2 Å². The van der Waals surface area contributed by atoms with Crippen LogP contribution in [0.1, 0.15) is 58.3 Å². The monoisotopic (exact) mass is 275 g/mol. The number of hydrogen-bond acceptors (Lipinski definition) is 2. The lowest BCUT2D eigenvalue weighted by atomic mass is 9.67. The van der Waals surface area contributed by atoms with Crippen molar-refractivity contribution >= 4 is 5.91 Å². The zero-order valence-corrected chi connectivity index (χ0v) is 12.4. The molecule has 0 atom stereocenters. The summed E-state index contributed by atoms with van der Waals surface area (Å²) in [5.74, 6) is 0.299. The highest BCUT2D eigenvalue weighted by molar-refractivity contribution is 5.87. The molecule has 0 bridgehead atoms. The van der Waals surface area contributed by atoms with Crippen LogP contribution in [0.15, 0.2) is 23.9 Å². The third-order valence-corrected chi connectivity index (χ3v) is 5.60. The average Bonchev–Trinajstić information content (AvgIpc) is 2.81. The highest BCUT2D eigenvalue weighted by Crippen LogP contribution is 2.49. The zero-order valence-electron chi connectivity index (χ0n) is 12.4. The van der Waals surface area contributed by atoms with Crippen LogP contribution >= 0.6 is 0 Å². The normalized spacial score (nSPS) is 37.6. The number of hydrogen-bond donors (Lipinski definition) is 1. The van der Waals surface area contributed by atoms with Crippen LogP contribution < -0.4 is 0 Å². The first-order valence-corrected chi connectivity index (χ1v) is 8.00. The lowest BCUT2D eigenvalue weighted by molar-refractivity contribution is -0.139. The van der Waals surface area contributed by atoms with E-state index < -0.39 is 5.60 Å². The third kappa shape index (κ3) is 2.22. The van der Waals surface area contributed by atoms with Gasteiger partial charge in [0, 0.05) is 12.2 Å². The first-order valence-electron chi connectivity index (χ1n) is 8.00. The van der Waals surface area contributed by atoms with E-state index in [0.717, 1.165) is 63.6 Å². The van der Waals surface area contributed by atoms with Crippen LogP contribution in [0, 0.1) is 5.41 Å². The molecule has 0 aromatic carbocycles. The molecule has 1 spiro atoms. The van der Waals surface area contributed by atoms with Gasteiger partial charge in [-0.25, -0.2) is 0 Å². The Morgan fingerprint density at radius 3 is 2.55 bits per heavy atom. The van der Waals surface area contributed by atoms with Crippen molar-refractivity contribution in [2.75, 3.05) is 6.54 Å². The molecule has 1 N–H and O–H groups in total. The number of rotatable bonds is 2. The smallest absolute Gasteiger partial charge is 0.233 e. The Hall–Kier alpha value is -1.09. The summed E-state index contributed by atoms with van der Waals surface area (Å²) in [5, 5.41) is 10.4. The highest BCUT2D eigenvalue weighted by Gasteiger charge is 2.51. The van der Waals surface area contributed by atoms with Gasteiger partial charge in [-0.3, -0.25) is 4.79 Å². The molecule has 3 nitrogen and oxygen atoms in total. The Balaban J connectivity index is 1.73. The molecule has 1 saturated heterocycles. The van der Waals surface area contributed by atoms with Crippen LogP contribution in [-0.2, 0) is 4.79 Å². The van der Waals surface area contributed by atoms with E-state index in [0.29, 0.717) is 5.91 Å². The van der Waals surface area contributed by atoms with Crippen molar-refractivity contribution in [3.63, 3.8) is 0 Å². The second kappa shape index (κ2) is 5.03. The zero-order chi connectivity index (χ0) is 14.2.